The fourth-order valence-electron chi connectivity index (χ4n) is 3.17. The van der Waals surface area contributed by atoms with Crippen molar-refractivity contribution in [2.75, 3.05) is 26.7 Å². The Kier molecular flexibility index (Phi) is 5.01. The summed E-state index contributed by atoms with van der Waals surface area (Å²) in [5.41, 5.74) is 1.24. The summed E-state index contributed by atoms with van der Waals surface area (Å²) in [5, 5.41) is 5.44. The first-order valence-corrected chi connectivity index (χ1v) is 8.36. The van der Waals surface area contributed by atoms with E-state index in [2.05, 4.69) is 35.6 Å². The summed E-state index contributed by atoms with van der Waals surface area (Å²) in [6, 6.07) is 12.5. The zero-order valence-electron chi connectivity index (χ0n) is 13.7. The molecule has 0 bridgehead atoms. The molecule has 4 heteroatoms. The van der Waals surface area contributed by atoms with E-state index in [1.807, 2.05) is 11.0 Å². The molecule has 2 amide bonds. The highest BCUT2D eigenvalue weighted by atomic mass is 16.5. The number of amides is 2. The van der Waals surface area contributed by atoms with Crippen molar-refractivity contribution in [2.45, 2.75) is 25.7 Å². The van der Waals surface area contributed by atoms with Crippen LogP contribution in [0.25, 0.3) is 10.8 Å². The second-order valence-electron chi connectivity index (χ2n) is 6.03. The van der Waals surface area contributed by atoms with Gasteiger partial charge in [0, 0.05) is 19.6 Å². The lowest BCUT2D eigenvalue weighted by atomic mass is 10.0. The Balaban J connectivity index is 1.63. The summed E-state index contributed by atoms with van der Waals surface area (Å²) in [6.45, 7) is 2.43. The fourth-order valence-corrected chi connectivity index (χ4v) is 3.17. The molecule has 1 heterocycles. The Bertz CT molecular complexity index is 678. The van der Waals surface area contributed by atoms with Gasteiger partial charge < -0.3 is 15.0 Å². The average molecular weight is 312 g/mol. The van der Waals surface area contributed by atoms with Crippen molar-refractivity contribution in [1.82, 2.24) is 10.2 Å². The molecular weight excluding hydrogens is 288 g/mol. The van der Waals surface area contributed by atoms with E-state index in [0.717, 1.165) is 38.1 Å². The van der Waals surface area contributed by atoms with E-state index in [1.165, 1.54) is 22.8 Å². The average Bonchev–Trinajstić information content (AvgIpc) is 2.62. The number of methoxy groups -OCH3 is 1. The number of hydrogen-bond acceptors (Lipinski definition) is 2. The van der Waals surface area contributed by atoms with Gasteiger partial charge in [0.2, 0.25) is 0 Å². The van der Waals surface area contributed by atoms with Gasteiger partial charge in [0.05, 0.1) is 7.11 Å². The number of carbonyl (C=O) groups excluding carboxylic acids is 1. The molecule has 0 atom stereocenters. The maximum absolute atomic E-state index is 12.1. The first kappa shape index (κ1) is 15.7. The summed E-state index contributed by atoms with van der Waals surface area (Å²) in [6.07, 6.45) is 4.30. The van der Waals surface area contributed by atoms with E-state index in [1.54, 1.807) is 7.11 Å². The normalized spacial score (nSPS) is 14.7. The highest BCUT2D eigenvalue weighted by Gasteiger charge is 2.15. The Morgan fingerprint density at radius 3 is 2.78 bits per heavy atom. The quantitative estimate of drug-likeness (QED) is 0.937. The molecule has 1 N–H and O–H groups in total. The van der Waals surface area contributed by atoms with Crippen LogP contribution in [-0.4, -0.2) is 37.7 Å². The molecular formula is C19H24N2O2. The van der Waals surface area contributed by atoms with Crippen LogP contribution in [0, 0.1) is 0 Å². The van der Waals surface area contributed by atoms with Crippen molar-refractivity contribution in [2.24, 2.45) is 0 Å². The van der Waals surface area contributed by atoms with Gasteiger partial charge in [-0.3, -0.25) is 0 Å². The van der Waals surface area contributed by atoms with E-state index in [-0.39, 0.29) is 6.03 Å². The zero-order chi connectivity index (χ0) is 16.1. The van der Waals surface area contributed by atoms with Crippen molar-refractivity contribution in [1.29, 1.82) is 0 Å². The highest BCUT2D eigenvalue weighted by Crippen LogP contribution is 2.24. The summed E-state index contributed by atoms with van der Waals surface area (Å²) in [4.78, 5) is 14.1. The number of piperidine rings is 1. The maximum atomic E-state index is 12.1. The van der Waals surface area contributed by atoms with Crippen LogP contribution in [-0.2, 0) is 6.42 Å². The van der Waals surface area contributed by atoms with Gasteiger partial charge in [-0.25, -0.2) is 4.79 Å². The van der Waals surface area contributed by atoms with Crippen LogP contribution in [0.2, 0.25) is 0 Å². The third-order valence-corrected chi connectivity index (χ3v) is 4.49. The lowest BCUT2D eigenvalue weighted by Gasteiger charge is -2.26. The molecule has 1 fully saturated rings. The third kappa shape index (κ3) is 3.76. The lowest BCUT2D eigenvalue weighted by Crippen LogP contribution is -2.43. The summed E-state index contributed by atoms with van der Waals surface area (Å²) in [5.74, 6) is 0.863. The topological polar surface area (TPSA) is 41.6 Å². The number of nitrogens with one attached hydrogen (secondary N) is 1. The molecule has 1 aliphatic rings. The minimum atomic E-state index is 0.0718. The summed E-state index contributed by atoms with van der Waals surface area (Å²) < 4.78 is 5.32. The number of likely N-dealkylation sites (tertiary alicyclic amines) is 1. The SMILES string of the molecule is COc1ccc2cccc(CCNC(=O)N3CCCCC3)c2c1. The fraction of sp³-hybridized carbons (Fsp3) is 0.421. The zero-order valence-corrected chi connectivity index (χ0v) is 13.7. The first-order valence-electron chi connectivity index (χ1n) is 8.36. The Labute approximate surface area is 137 Å². The van der Waals surface area contributed by atoms with Gasteiger partial charge in [0.25, 0.3) is 0 Å². The highest BCUT2D eigenvalue weighted by molar-refractivity contribution is 5.87. The molecule has 1 aliphatic heterocycles. The predicted octanol–water partition coefficient (Wildman–Crippen LogP) is 3.59. The second kappa shape index (κ2) is 7.36. The second-order valence-corrected chi connectivity index (χ2v) is 6.03. The van der Waals surface area contributed by atoms with Gasteiger partial charge in [-0.15, -0.1) is 0 Å². The molecule has 0 unspecified atom stereocenters. The molecule has 0 saturated carbocycles. The molecule has 0 aliphatic carbocycles. The van der Waals surface area contributed by atoms with Crippen LogP contribution >= 0.6 is 0 Å². The van der Waals surface area contributed by atoms with E-state index >= 15 is 0 Å². The lowest BCUT2D eigenvalue weighted by molar-refractivity contribution is 0.186. The van der Waals surface area contributed by atoms with E-state index in [4.69, 9.17) is 4.74 Å². The van der Waals surface area contributed by atoms with Gasteiger partial charge >= 0.3 is 6.03 Å². The molecule has 1 saturated heterocycles. The van der Waals surface area contributed by atoms with E-state index in [9.17, 15) is 4.79 Å². The Morgan fingerprint density at radius 1 is 1.17 bits per heavy atom. The number of rotatable bonds is 4. The summed E-state index contributed by atoms with van der Waals surface area (Å²) in [7, 11) is 1.68. The molecule has 122 valence electrons. The minimum absolute atomic E-state index is 0.0718. The molecule has 3 rings (SSSR count). The maximum Gasteiger partial charge on any atom is 0.317 e. The van der Waals surface area contributed by atoms with Crippen LogP contribution in [0.3, 0.4) is 0 Å². The van der Waals surface area contributed by atoms with Crippen LogP contribution in [0.5, 0.6) is 5.75 Å². The van der Waals surface area contributed by atoms with Gasteiger partial charge in [0.1, 0.15) is 5.75 Å². The van der Waals surface area contributed by atoms with Crippen molar-refractivity contribution in [3.63, 3.8) is 0 Å². The van der Waals surface area contributed by atoms with Crippen molar-refractivity contribution in [3.05, 3.63) is 42.0 Å². The molecule has 0 spiro atoms. The molecule has 0 radical (unpaired) electrons. The molecule has 23 heavy (non-hydrogen) atoms. The number of carbonyl (C=O) groups is 1. The third-order valence-electron chi connectivity index (χ3n) is 4.49. The van der Waals surface area contributed by atoms with Crippen molar-refractivity contribution < 1.29 is 9.53 Å². The monoisotopic (exact) mass is 312 g/mol. The summed E-state index contributed by atoms with van der Waals surface area (Å²) >= 11 is 0. The number of urea groups is 1. The van der Waals surface area contributed by atoms with E-state index in [0.29, 0.717) is 6.54 Å². The first-order chi connectivity index (χ1) is 11.3. The Hall–Kier alpha value is -2.23. The van der Waals surface area contributed by atoms with Crippen molar-refractivity contribution in [3.8, 4) is 5.75 Å². The van der Waals surface area contributed by atoms with Crippen LogP contribution < -0.4 is 10.1 Å². The van der Waals surface area contributed by atoms with Gasteiger partial charge in [-0.1, -0.05) is 24.3 Å². The minimum Gasteiger partial charge on any atom is -0.497 e. The van der Waals surface area contributed by atoms with Gasteiger partial charge in [0.15, 0.2) is 0 Å². The van der Waals surface area contributed by atoms with Crippen molar-refractivity contribution >= 4 is 16.8 Å². The predicted molar refractivity (Wildman–Crippen MR) is 93.0 cm³/mol. The Morgan fingerprint density at radius 2 is 2.00 bits per heavy atom. The standard InChI is InChI=1S/C19H24N2O2/c1-23-17-9-8-15-6-5-7-16(18(15)14-17)10-11-20-19(22)21-12-3-2-4-13-21/h5-9,14H,2-4,10-13H2,1H3,(H,20,22). The number of benzene rings is 2. The number of hydrogen-bond donors (Lipinski definition) is 1. The molecule has 4 nitrogen and oxygen atoms in total. The number of fused-ring (bicyclic) bond motifs is 1. The number of ether oxygens (including phenoxy) is 1. The molecule has 2 aromatic carbocycles. The van der Waals surface area contributed by atoms with Crippen LogP contribution in [0.15, 0.2) is 36.4 Å². The number of nitrogens with zero attached hydrogens (tertiary/aromatic N) is 1. The molecule has 0 aromatic heterocycles. The van der Waals surface area contributed by atoms with Gasteiger partial charge in [-0.05, 0) is 54.2 Å². The van der Waals surface area contributed by atoms with Crippen LogP contribution in [0.1, 0.15) is 24.8 Å². The van der Waals surface area contributed by atoms with Gasteiger partial charge in [-0.2, -0.15) is 0 Å². The smallest absolute Gasteiger partial charge is 0.317 e. The van der Waals surface area contributed by atoms with Crippen LogP contribution in [0.4, 0.5) is 4.79 Å². The molecule has 2 aromatic rings. The van der Waals surface area contributed by atoms with E-state index < -0.39 is 0 Å². The largest absolute Gasteiger partial charge is 0.497 e.